The molecule has 1 amide bonds. The van der Waals surface area contributed by atoms with Gasteiger partial charge in [-0.3, -0.25) is 14.9 Å². The molecule has 0 saturated carbocycles. The van der Waals surface area contributed by atoms with Crippen molar-refractivity contribution in [1.29, 1.82) is 0 Å². The van der Waals surface area contributed by atoms with Gasteiger partial charge >= 0.3 is 12.4 Å². The van der Waals surface area contributed by atoms with E-state index < -0.39 is 45.8 Å². The molecule has 1 N–H and O–H groups in total. The van der Waals surface area contributed by atoms with E-state index in [9.17, 15) is 41.3 Å². The number of nitro benzene ring substituents is 1. The van der Waals surface area contributed by atoms with Crippen LogP contribution in [-0.4, -0.2) is 29.7 Å². The standard InChI is InChI=1S/C20H17F6N3O3S/c21-19(22,23)12-3-5-15(28-7-1-2-8-28)14(9-12)27-18(30)11-33-17-6-4-13(20(24,25)26)10-16(17)29(31)32/h3-6,9-10H,1-2,7-8,11H2,(H,27,30). The fourth-order valence-electron chi connectivity index (χ4n) is 3.33. The van der Waals surface area contributed by atoms with Crippen LogP contribution in [0, 0.1) is 10.1 Å². The smallest absolute Gasteiger partial charge is 0.370 e. The molecule has 3 rings (SSSR count). The maximum absolute atomic E-state index is 13.1. The van der Waals surface area contributed by atoms with Crippen molar-refractivity contribution in [2.45, 2.75) is 30.1 Å². The maximum atomic E-state index is 13.1. The Balaban J connectivity index is 1.79. The number of nitrogens with zero attached hydrogens (tertiary/aromatic N) is 2. The second kappa shape index (κ2) is 9.49. The number of rotatable bonds is 6. The van der Waals surface area contributed by atoms with Crippen molar-refractivity contribution in [3.8, 4) is 0 Å². The van der Waals surface area contributed by atoms with Crippen molar-refractivity contribution in [3.63, 3.8) is 0 Å². The first-order valence-electron chi connectivity index (χ1n) is 9.61. The van der Waals surface area contributed by atoms with Crippen LogP contribution in [0.3, 0.4) is 0 Å². The van der Waals surface area contributed by atoms with Crippen LogP contribution in [0.4, 0.5) is 43.4 Å². The summed E-state index contributed by atoms with van der Waals surface area (Å²) in [6.07, 6.45) is -7.71. The summed E-state index contributed by atoms with van der Waals surface area (Å²) in [5.41, 5.74) is -2.62. The van der Waals surface area contributed by atoms with Gasteiger partial charge in [-0.15, -0.1) is 11.8 Å². The number of nitrogens with one attached hydrogen (secondary N) is 1. The first kappa shape index (κ1) is 24.7. The minimum Gasteiger partial charge on any atom is -0.370 e. The maximum Gasteiger partial charge on any atom is 0.416 e. The van der Waals surface area contributed by atoms with E-state index in [4.69, 9.17) is 0 Å². The van der Waals surface area contributed by atoms with Crippen molar-refractivity contribution >= 4 is 34.7 Å². The monoisotopic (exact) mass is 493 g/mol. The summed E-state index contributed by atoms with van der Waals surface area (Å²) in [7, 11) is 0. The molecular weight excluding hydrogens is 476 g/mol. The van der Waals surface area contributed by atoms with Gasteiger partial charge in [0.25, 0.3) is 5.69 Å². The molecule has 0 radical (unpaired) electrons. The van der Waals surface area contributed by atoms with Gasteiger partial charge in [0.2, 0.25) is 5.91 Å². The Bertz CT molecular complexity index is 1050. The van der Waals surface area contributed by atoms with E-state index >= 15 is 0 Å². The van der Waals surface area contributed by atoms with Crippen LogP contribution in [0.2, 0.25) is 0 Å². The van der Waals surface area contributed by atoms with Crippen molar-refractivity contribution in [3.05, 3.63) is 57.6 Å². The van der Waals surface area contributed by atoms with Crippen LogP contribution in [0.5, 0.6) is 0 Å². The lowest BCUT2D eigenvalue weighted by Crippen LogP contribution is -2.22. The van der Waals surface area contributed by atoms with Gasteiger partial charge in [0.1, 0.15) is 0 Å². The number of carbonyl (C=O) groups is 1. The molecule has 6 nitrogen and oxygen atoms in total. The largest absolute Gasteiger partial charge is 0.416 e. The Labute approximate surface area is 188 Å². The predicted molar refractivity (Wildman–Crippen MR) is 110 cm³/mol. The molecule has 13 heteroatoms. The van der Waals surface area contributed by atoms with Gasteiger partial charge in [-0.25, -0.2) is 0 Å². The molecule has 33 heavy (non-hydrogen) atoms. The average molecular weight is 493 g/mol. The molecule has 0 bridgehead atoms. The minimum absolute atomic E-state index is 0.0563. The van der Waals surface area contributed by atoms with Crippen molar-refractivity contribution in [1.82, 2.24) is 0 Å². The topological polar surface area (TPSA) is 75.5 Å². The van der Waals surface area contributed by atoms with Gasteiger partial charge in [0.05, 0.1) is 38.1 Å². The molecule has 2 aromatic carbocycles. The molecule has 0 aliphatic carbocycles. The second-order valence-corrected chi connectivity index (χ2v) is 8.22. The Kier molecular flexibility index (Phi) is 7.10. The third kappa shape index (κ3) is 6.09. The first-order chi connectivity index (χ1) is 15.4. The molecule has 2 aromatic rings. The third-order valence-corrected chi connectivity index (χ3v) is 5.95. The van der Waals surface area contributed by atoms with Gasteiger partial charge in [-0.1, -0.05) is 0 Å². The lowest BCUT2D eigenvalue weighted by Gasteiger charge is -2.23. The van der Waals surface area contributed by atoms with Gasteiger partial charge in [0.15, 0.2) is 0 Å². The van der Waals surface area contributed by atoms with Crippen LogP contribution in [0.25, 0.3) is 0 Å². The number of thioether (sulfide) groups is 1. The predicted octanol–water partition coefficient (Wildman–Crippen LogP) is 5.96. The zero-order chi connectivity index (χ0) is 24.4. The highest BCUT2D eigenvalue weighted by atomic mass is 32.2. The lowest BCUT2D eigenvalue weighted by atomic mass is 10.1. The number of halogens is 6. The summed E-state index contributed by atoms with van der Waals surface area (Å²) in [6.45, 7) is 1.22. The summed E-state index contributed by atoms with van der Waals surface area (Å²) in [5.74, 6) is -1.21. The molecule has 1 saturated heterocycles. The van der Waals surface area contributed by atoms with E-state index in [0.717, 1.165) is 31.0 Å². The Morgan fingerprint density at radius 1 is 1.00 bits per heavy atom. The number of alkyl halides is 6. The summed E-state index contributed by atoms with van der Waals surface area (Å²) >= 11 is 0.613. The highest BCUT2D eigenvalue weighted by Crippen LogP contribution is 2.38. The lowest BCUT2D eigenvalue weighted by molar-refractivity contribution is -0.388. The van der Waals surface area contributed by atoms with Crippen molar-refractivity contribution in [2.75, 3.05) is 29.1 Å². The number of amides is 1. The summed E-state index contributed by atoms with van der Waals surface area (Å²) in [5, 5.41) is 13.6. The molecule has 0 aromatic heterocycles. The second-order valence-electron chi connectivity index (χ2n) is 7.20. The summed E-state index contributed by atoms with van der Waals surface area (Å²) in [6, 6.07) is 4.93. The highest BCUT2D eigenvalue weighted by Gasteiger charge is 2.34. The van der Waals surface area contributed by atoms with Crippen LogP contribution in [-0.2, 0) is 17.1 Å². The fraction of sp³-hybridized carbons (Fsp3) is 0.350. The third-order valence-electron chi connectivity index (χ3n) is 4.89. The van der Waals surface area contributed by atoms with E-state index in [0.29, 0.717) is 42.7 Å². The van der Waals surface area contributed by atoms with Gasteiger partial charge < -0.3 is 10.2 Å². The van der Waals surface area contributed by atoms with Gasteiger partial charge in [0, 0.05) is 19.2 Å². The van der Waals surface area contributed by atoms with E-state index in [2.05, 4.69) is 5.32 Å². The van der Waals surface area contributed by atoms with E-state index in [-0.39, 0.29) is 10.6 Å². The number of benzene rings is 2. The van der Waals surface area contributed by atoms with Crippen LogP contribution >= 0.6 is 11.8 Å². The molecular formula is C20H17F6N3O3S. The van der Waals surface area contributed by atoms with Crippen molar-refractivity contribution < 1.29 is 36.1 Å². The van der Waals surface area contributed by atoms with Gasteiger partial charge in [-0.2, -0.15) is 26.3 Å². The molecule has 1 aliphatic rings. The molecule has 0 spiro atoms. The molecule has 0 unspecified atom stereocenters. The summed E-state index contributed by atoms with van der Waals surface area (Å²) < 4.78 is 77.9. The molecule has 0 atom stereocenters. The summed E-state index contributed by atoms with van der Waals surface area (Å²) in [4.78, 5) is 24.3. The van der Waals surface area contributed by atoms with Crippen LogP contribution < -0.4 is 10.2 Å². The van der Waals surface area contributed by atoms with Crippen LogP contribution in [0.1, 0.15) is 24.0 Å². The Morgan fingerprint density at radius 3 is 2.15 bits per heavy atom. The van der Waals surface area contributed by atoms with E-state index in [1.807, 2.05) is 4.90 Å². The number of nitro groups is 1. The quantitative estimate of drug-likeness (QED) is 0.233. The van der Waals surface area contributed by atoms with Gasteiger partial charge in [-0.05, 0) is 43.2 Å². The SMILES string of the molecule is O=C(CSc1ccc(C(F)(F)F)cc1[N+](=O)[O-])Nc1cc(C(F)(F)F)ccc1N1CCCC1. The number of anilines is 2. The number of carbonyl (C=O) groups excluding carboxylic acids is 1. The highest BCUT2D eigenvalue weighted by molar-refractivity contribution is 8.00. The average Bonchev–Trinajstić information content (AvgIpc) is 3.25. The Hall–Kier alpha value is -2.96. The number of hydrogen-bond donors (Lipinski definition) is 1. The Morgan fingerprint density at radius 2 is 1.58 bits per heavy atom. The van der Waals surface area contributed by atoms with E-state index in [1.165, 1.54) is 6.07 Å². The van der Waals surface area contributed by atoms with Crippen molar-refractivity contribution in [2.24, 2.45) is 0 Å². The first-order valence-corrected chi connectivity index (χ1v) is 10.6. The molecule has 1 aliphatic heterocycles. The minimum atomic E-state index is -4.78. The molecule has 178 valence electrons. The zero-order valence-electron chi connectivity index (χ0n) is 16.8. The fourth-order valence-corrected chi connectivity index (χ4v) is 4.14. The normalized spacial score (nSPS) is 14.4. The zero-order valence-corrected chi connectivity index (χ0v) is 17.6. The van der Waals surface area contributed by atoms with Crippen LogP contribution in [0.15, 0.2) is 41.3 Å². The molecule has 1 heterocycles. The number of hydrogen-bond acceptors (Lipinski definition) is 5. The molecule has 1 fully saturated rings. The van der Waals surface area contributed by atoms with E-state index in [1.54, 1.807) is 0 Å².